The summed E-state index contributed by atoms with van der Waals surface area (Å²) in [4.78, 5) is 25.8. The quantitative estimate of drug-likeness (QED) is 0.777. The third kappa shape index (κ3) is 3.88. The molecule has 4 rings (SSSR count). The SMILES string of the molecule is Cc1cc(/C=C/C(=O)NCc2ccc(N3CCCC3=O)cc2)c(C)n1C1CC1. The van der Waals surface area contributed by atoms with Crippen LogP contribution < -0.4 is 10.2 Å². The van der Waals surface area contributed by atoms with E-state index in [9.17, 15) is 9.59 Å². The summed E-state index contributed by atoms with van der Waals surface area (Å²) >= 11 is 0. The number of carbonyl (C=O) groups is 2. The predicted octanol–water partition coefficient (Wildman–Crippen LogP) is 3.90. The molecule has 1 N–H and O–H groups in total. The van der Waals surface area contributed by atoms with Crippen LogP contribution in [0.5, 0.6) is 0 Å². The first-order chi connectivity index (χ1) is 13.5. The number of rotatable bonds is 6. The monoisotopic (exact) mass is 377 g/mol. The summed E-state index contributed by atoms with van der Waals surface area (Å²) < 4.78 is 2.38. The maximum atomic E-state index is 12.2. The van der Waals surface area contributed by atoms with E-state index >= 15 is 0 Å². The fourth-order valence-electron chi connectivity index (χ4n) is 3.99. The molecule has 28 heavy (non-hydrogen) atoms. The van der Waals surface area contributed by atoms with Crippen LogP contribution in [0, 0.1) is 13.8 Å². The van der Waals surface area contributed by atoms with Crippen LogP contribution in [-0.2, 0) is 16.1 Å². The molecule has 1 aromatic heterocycles. The van der Waals surface area contributed by atoms with Gasteiger partial charge in [-0.1, -0.05) is 12.1 Å². The molecule has 2 aromatic rings. The lowest BCUT2D eigenvalue weighted by Gasteiger charge is -2.15. The molecule has 2 amide bonds. The van der Waals surface area contributed by atoms with E-state index in [1.807, 2.05) is 35.2 Å². The van der Waals surface area contributed by atoms with Crippen LogP contribution in [0.3, 0.4) is 0 Å². The average Bonchev–Trinajstić information content (AvgIpc) is 3.36. The lowest BCUT2D eigenvalue weighted by Crippen LogP contribution is -2.23. The first-order valence-corrected chi connectivity index (χ1v) is 10.1. The van der Waals surface area contributed by atoms with Crippen LogP contribution in [0.2, 0.25) is 0 Å². The molecule has 5 nitrogen and oxygen atoms in total. The second-order valence-electron chi connectivity index (χ2n) is 7.79. The van der Waals surface area contributed by atoms with Gasteiger partial charge in [-0.05, 0) is 68.5 Å². The number of nitrogens with zero attached hydrogens (tertiary/aromatic N) is 2. The Morgan fingerprint density at radius 3 is 2.61 bits per heavy atom. The predicted molar refractivity (Wildman–Crippen MR) is 111 cm³/mol. The molecule has 2 aliphatic rings. The van der Waals surface area contributed by atoms with Crippen molar-refractivity contribution in [3.05, 3.63) is 58.9 Å². The number of amides is 2. The maximum Gasteiger partial charge on any atom is 0.244 e. The zero-order chi connectivity index (χ0) is 19.7. The highest BCUT2D eigenvalue weighted by atomic mass is 16.2. The summed E-state index contributed by atoms with van der Waals surface area (Å²) in [5.74, 6) is 0.0854. The van der Waals surface area contributed by atoms with Gasteiger partial charge < -0.3 is 14.8 Å². The lowest BCUT2D eigenvalue weighted by molar-refractivity contribution is -0.117. The Morgan fingerprint density at radius 2 is 1.96 bits per heavy atom. The van der Waals surface area contributed by atoms with Crippen LogP contribution in [0.25, 0.3) is 6.08 Å². The van der Waals surface area contributed by atoms with E-state index in [1.54, 1.807) is 6.08 Å². The second-order valence-corrected chi connectivity index (χ2v) is 7.79. The van der Waals surface area contributed by atoms with Gasteiger partial charge in [0.2, 0.25) is 11.8 Å². The molecular formula is C23H27N3O2. The topological polar surface area (TPSA) is 54.3 Å². The zero-order valence-corrected chi connectivity index (χ0v) is 16.6. The van der Waals surface area contributed by atoms with Crippen LogP contribution in [0.15, 0.2) is 36.4 Å². The molecule has 0 unspecified atom stereocenters. The van der Waals surface area contributed by atoms with Gasteiger partial charge in [-0.25, -0.2) is 0 Å². The number of anilines is 1. The number of hydrogen-bond donors (Lipinski definition) is 1. The van der Waals surface area contributed by atoms with Crippen molar-refractivity contribution >= 4 is 23.6 Å². The van der Waals surface area contributed by atoms with E-state index in [4.69, 9.17) is 0 Å². The van der Waals surface area contributed by atoms with Crippen molar-refractivity contribution in [2.24, 2.45) is 0 Å². The van der Waals surface area contributed by atoms with E-state index in [0.29, 0.717) is 19.0 Å². The summed E-state index contributed by atoms with van der Waals surface area (Å²) in [5, 5.41) is 2.93. The highest BCUT2D eigenvalue weighted by Crippen LogP contribution is 2.38. The average molecular weight is 377 g/mol. The minimum Gasteiger partial charge on any atom is -0.348 e. The van der Waals surface area contributed by atoms with Crippen molar-refractivity contribution in [3.8, 4) is 0 Å². The molecule has 1 aliphatic heterocycles. The molecule has 0 spiro atoms. The van der Waals surface area contributed by atoms with Crippen LogP contribution in [-0.4, -0.2) is 22.9 Å². The van der Waals surface area contributed by atoms with Crippen LogP contribution >= 0.6 is 0 Å². The minimum atomic E-state index is -0.102. The standard InChI is InChI=1S/C23H27N3O2/c1-16-14-19(17(2)26(16)21-10-11-21)7-12-22(27)24-15-18-5-8-20(9-6-18)25-13-3-4-23(25)28/h5-9,12,14,21H,3-4,10-11,13,15H2,1-2H3,(H,24,27)/b12-7+. The van der Waals surface area contributed by atoms with Gasteiger partial charge in [0, 0.05) is 48.7 Å². The smallest absolute Gasteiger partial charge is 0.244 e. The van der Waals surface area contributed by atoms with Gasteiger partial charge in [-0.3, -0.25) is 9.59 Å². The molecule has 0 bridgehead atoms. The highest BCUT2D eigenvalue weighted by molar-refractivity contribution is 5.95. The van der Waals surface area contributed by atoms with E-state index in [-0.39, 0.29) is 11.8 Å². The third-order valence-corrected chi connectivity index (χ3v) is 5.64. The Kier molecular flexibility index (Phi) is 5.07. The Labute approximate surface area is 166 Å². The van der Waals surface area contributed by atoms with Gasteiger partial charge in [0.05, 0.1) is 0 Å². The maximum absolute atomic E-state index is 12.2. The Bertz CT molecular complexity index is 920. The molecule has 146 valence electrons. The molecule has 0 radical (unpaired) electrons. The first kappa shape index (κ1) is 18.5. The fraction of sp³-hybridized carbons (Fsp3) is 0.391. The molecule has 5 heteroatoms. The first-order valence-electron chi connectivity index (χ1n) is 10.1. The molecule has 1 saturated heterocycles. The van der Waals surface area contributed by atoms with Gasteiger partial charge in [0.1, 0.15) is 0 Å². The van der Waals surface area contributed by atoms with Gasteiger partial charge in [-0.15, -0.1) is 0 Å². The van der Waals surface area contributed by atoms with Gasteiger partial charge in [-0.2, -0.15) is 0 Å². The minimum absolute atomic E-state index is 0.102. The van der Waals surface area contributed by atoms with Crippen molar-refractivity contribution in [1.82, 2.24) is 9.88 Å². The van der Waals surface area contributed by atoms with Crippen LogP contribution in [0.1, 0.15) is 54.2 Å². The summed E-state index contributed by atoms with van der Waals surface area (Å²) in [6.45, 7) is 5.51. The lowest BCUT2D eigenvalue weighted by atomic mass is 10.2. The van der Waals surface area contributed by atoms with E-state index in [2.05, 4.69) is 29.8 Å². The summed E-state index contributed by atoms with van der Waals surface area (Å²) in [6.07, 6.45) is 7.57. The molecule has 0 atom stereocenters. The summed E-state index contributed by atoms with van der Waals surface area (Å²) in [5.41, 5.74) is 5.56. The molecule has 1 aliphatic carbocycles. The zero-order valence-electron chi connectivity index (χ0n) is 16.6. The molecule has 2 heterocycles. The van der Waals surface area contributed by atoms with E-state index < -0.39 is 0 Å². The van der Waals surface area contributed by atoms with Crippen molar-refractivity contribution in [2.45, 2.75) is 52.1 Å². The Morgan fingerprint density at radius 1 is 1.21 bits per heavy atom. The third-order valence-electron chi connectivity index (χ3n) is 5.64. The summed E-state index contributed by atoms with van der Waals surface area (Å²) in [6, 6.07) is 10.6. The van der Waals surface area contributed by atoms with Crippen molar-refractivity contribution < 1.29 is 9.59 Å². The normalized spacial score (nSPS) is 16.9. The summed E-state index contributed by atoms with van der Waals surface area (Å²) in [7, 11) is 0. The Balaban J connectivity index is 1.32. The number of carbonyl (C=O) groups excluding carboxylic acids is 2. The Hall–Kier alpha value is -2.82. The number of benzene rings is 1. The molecule has 1 aromatic carbocycles. The number of aromatic nitrogens is 1. The number of nitrogens with one attached hydrogen (secondary N) is 1. The van der Waals surface area contributed by atoms with Crippen molar-refractivity contribution in [2.75, 3.05) is 11.4 Å². The van der Waals surface area contributed by atoms with Gasteiger partial charge in [0.15, 0.2) is 0 Å². The molecule has 2 fully saturated rings. The fourth-order valence-corrected chi connectivity index (χ4v) is 3.99. The van der Waals surface area contributed by atoms with Crippen LogP contribution in [0.4, 0.5) is 5.69 Å². The number of hydrogen-bond acceptors (Lipinski definition) is 2. The highest BCUT2D eigenvalue weighted by Gasteiger charge is 2.26. The van der Waals surface area contributed by atoms with E-state index in [1.165, 1.54) is 24.2 Å². The van der Waals surface area contributed by atoms with Gasteiger partial charge >= 0.3 is 0 Å². The number of aryl methyl sites for hydroxylation is 1. The molecular weight excluding hydrogens is 350 g/mol. The van der Waals surface area contributed by atoms with Crippen molar-refractivity contribution in [3.63, 3.8) is 0 Å². The molecule has 1 saturated carbocycles. The second kappa shape index (κ2) is 7.66. The van der Waals surface area contributed by atoms with Gasteiger partial charge in [0.25, 0.3) is 0 Å². The van der Waals surface area contributed by atoms with E-state index in [0.717, 1.165) is 29.8 Å². The van der Waals surface area contributed by atoms with Crippen molar-refractivity contribution in [1.29, 1.82) is 0 Å². The largest absolute Gasteiger partial charge is 0.348 e.